The van der Waals surface area contributed by atoms with Gasteiger partial charge in [0.25, 0.3) is 0 Å². The van der Waals surface area contributed by atoms with E-state index < -0.39 is 5.54 Å². The molecule has 3 N–H and O–H groups in total. The molecule has 0 saturated heterocycles. The molecule has 0 aromatic rings. The Bertz CT molecular complexity index is 198. The fraction of sp³-hybridized carbons (Fsp3) is 0.909. The van der Waals surface area contributed by atoms with Gasteiger partial charge in [0.1, 0.15) is 0 Å². The zero-order valence-electron chi connectivity index (χ0n) is 10.7. The molecule has 2 unspecified atom stereocenters. The average Bonchev–Trinajstić information content (AvgIpc) is 2.16. The topological polar surface area (TPSA) is 64.4 Å². The van der Waals surface area contributed by atoms with Crippen molar-refractivity contribution in [1.82, 2.24) is 5.32 Å². The van der Waals surface area contributed by atoms with E-state index >= 15 is 0 Å². The normalized spacial score (nSPS) is 15.8. The third-order valence-electron chi connectivity index (χ3n) is 2.48. The summed E-state index contributed by atoms with van der Waals surface area (Å²) in [7, 11) is 1.63. The van der Waals surface area contributed by atoms with Crippen molar-refractivity contribution in [3.05, 3.63) is 0 Å². The molecule has 16 heavy (non-hydrogen) atoms. The lowest BCUT2D eigenvalue weighted by Gasteiger charge is -2.26. The van der Waals surface area contributed by atoms with Crippen molar-refractivity contribution in [3.8, 4) is 0 Å². The molecular weight excluding hydrogens is 228 g/mol. The summed E-state index contributed by atoms with van der Waals surface area (Å²) in [6.45, 7) is 6.33. The molecule has 0 heterocycles. The molecule has 0 saturated carbocycles. The largest absolute Gasteiger partial charge is 0.383 e. The number of rotatable bonds is 7. The Morgan fingerprint density at radius 3 is 2.44 bits per heavy atom. The van der Waals surface area contributed by atoms with Crippen LogP contribution in [0, 0.1) is 0 Å². The smallest absolute Gasteiger partial charge is 0.240 e. The highest BCUT2D eigenvalue weighted by Crippen LogP contribution is 2.09. The molecule has 98 valence electrons. The Morgan fingerprint density at radius 2 is 2.06 bits per heavy atom. The summed E-state index contributed by atoms with van der Waals surface area (Å²) < 4.78 is 5.01. The van der Waals surface area contributed by atoms with Crippen LogP contribution >= 0.6 is 12.4 Å². The predicted octanol–water partition coefficient (Wildman–Crippen LogP) is 1.47. The van der Waals surface area contributed by atoms with Gasteiger partial charge >= 0.3 is 0 Å². The number of ether oxygens (including phenoxy) is 1. The van der Waals surface area contributed by atoms with E-state index in [1.807, 2.05) is 13.8 Å². The minimum Gasteiger partial charge on any atom is -0.383 e. The monoisotopic (exact) mass is 252 g/mol. The van der Waals surface area contributed by atoms with Gasteiger partial charge in [0.15, 0.2) is 0 Å². The maximum Gasteiger partial charge on any atom is 0.240 e. The molecule has 5 heteroatoms. The molecule has 0 radical (unpaired) electrons. The zero-order valence-corrected chi connectivity index (χ0v) is 11.5. The summed E-state index contributed by atoms with van der Waals surface area (Å²) in [5.74, 6) is -0.0896. The summed E-state index contributed by atoms with van der Waals surface area (Å²) in [6, 6.07) is 0.0576. The molecule has 0 aliphatic carbocycles. The Labute approximate surface area is 105 Å². The number of methoxy groups -OCH3 is 1. The van der Waals surface area contributed by atoms with Crippen LogP contribution in [0.2, 0.25) is 0 Å². The van der Waals surface area contributed by atoms with Gasteiger partial charge in [0, 0.05) is 7.11 Å². The maximum atomic E-state index is 11.8. The van der Waals surface area contributed by atoms with Crippen molar-refractivity contribution < 1.29 is 9.53 Å². The first kappa shape index (κ1) is 18.1. The molecule has 0 aromatic carbocycles. The Balaban J connectivity index is 0. The lowest BCUT2D eigenvalue weighted by Crippen LogP contribution is -2.54. The van der Waals surface area contributed by atoms with Crippen LogP contribution in [-0.4, -0.2) is 31.2 Å². The van der Waals surface area contributed by atoms with Gasteiger partial charge in [0.2, 0.25) is 5.91 Å². The first-order valence-electron chi connectivity index (χ1n) is 5.56. The summed E-state index contributed by atoms with van der Waals surface area (Å²) in [4.78, 5) is 11.8. The maximum absolute atomic E-state index is 11.8. The van der Waals surface area contributed by atoms with E-state index in [2.05, 4.69) is 5.32 Å². The summed E-state index contributed by atoms with van der Waals surface area (Å²) >= 11 is 0. The first-order chi connectivity index (χ1) is 6.97. The van der Waals surface area contributed by atoms with E-state index in [1.165, 1.54) is 0 Å². The fourth-order valence-electron chi connectivity index (χ4n) is 1.45. The van der Waals surface area contributed by atoms with Crippen LogP contribution in [0.25, 0.3) is 0 Å². The van der Waals surface area contributed by atoms with Gasteiger partial charge in [-0.15, -0.1) is 12.4 Å². The highest BCUT2D eigenvalue weighted by Gasteiger charge is 2.28. The van der Waals surface area contributed by atoms with Gasteiger partial charge in [-0.2, -0.15) is 0 Å². The zero-order chi connectivity index (χ0) is 11.9. The first-order valence-corrected chi connectivity index (χ1v) is 5.56. The van der Waals surface area contributed by atoms with E-state index in [0.29, 0.717) is 13.0 Å². The molecule has 1 amide bonds. The molecule has 0 aliphatic heterocycles. The minimum absolute atomic E-state index is 0. The standard InChI is InChI=1S/C11H24N2O2.ClH/c1-5-7-11(3,12)10(14)13-9(6-2)8-15-4;/h9H,5-8,12H2,1-4H3,(H,13,14);1H. The summed E-state index contributed by atoms with van der Waals surface area (Å²) in [6.07, 6.45) is 2.45. The van der Waals surface area contributed by atoms with Crippen molar-refractivity contribution in [2.75, 3.05) is 13.7 Å². The van der Waals surface area contributed by atoms with Crippen LogP contribution in [-0.2, 0) is 9.53 Å². The van der Waals surface area contributed by atoms with Crippen LogP contribution in [0.15, 0.2) is 0 Å². The van der Waals surface area contributed by atoms with Crippen LogP contribution in [0.1, 0.15) is 40.0 Å². The van der Waals surface area contributed by atoms with Gasteiger partial charge in [-0.1, -0.05) is 20.3 Å². The van der Waals surface area contributed by atoms with E-state index in [4.69, 9.17) is 10.5 Å². The third-order valence-corrected chi connectivity index (χ3v) is 2.48. The number of hydrogen-bond acceptors (Lipinski definition) is 3. The molecule has 2 atom stereocenters. The van der Waals surface area contributed by atoms with Gasteiger partial charge in [-0.05, 0) is 19.8 Å². The van der Waals surface area contributed by atoms with Crippen molar-refractivity contribution in [3.63, 3.8) is 0 Å². The van der Waals surface area contributed by atoms with Crippen LogP contribution in [0.4, 0.5) is 0 Å². The lowest BCUT2D eigenvalue weighted by molar-refractivity contribution is -0.127. The number of carbonyl (C=O) groups excluding carboxylic acids is 1. The minimum atomic E-state index is -0.768. The van der Waals surface area contributed by atoms with Crippen molar-refractivity contribution in [2.45, 2.75) is 51.6 Å². The van der Waals surface area contributed by atoms with Gasteiger partial charge in [0.05, 0.1) is 18.2 Å². The summed E-state index contributed by atoms with van der Waals surface area (Å²) in [5.41, 5.74) is 5.15. The molecule has 0 aromatic heterocycles. The third kappa shape index (κ3) is 6.30. The van der Waals surface area contributed by atoms with Crippen LogP contribution < -0.4 is 11.1 Å². The average molecular weight is 253 g/mol. The number of carbonyl (C=O) groups is 1. The molecule has 0 aliphatic rings. The van der Waals surface area contributed by atoms with Crippen molar-refractivity contribution in [1.29, 1.82) is 0 Å². The second kappa shape index (κ2) is 8.79. The van der Waals surface area contributed by atoms with Crippen molar-refractivity contribution >= 4 is 18.3 Å². The fourth-order valence-corrected chi connectivity index (χ4v) is 1.45. The lowest BCUT2D eigenvalue weighted by atomic mass is 9.96. The van der Waals surface area contributed by atoms with Gasteiger partial charge in [-0.25, -0.2) is 0 Å². The number of nitrogens with one attached hydrogen (secondary N) is 1. The van der Waals surface area contributed by atoms with Crippen molar-refractivity contribution in [2.24, 2.45) is 5.73 Å². The number of hydrogen-bond donors (Lipinski definition) is 2. The van der Waals surface area contributed by atoms with E-state index in [9.17, 15) is 4.79 Å². The van der Waals surface area contributed by atoms with Crippen LogP contribution in [0.3, 0.4) is 0 Å². The molecule has 4 nitrogen and oxygen atoms in total. The van der Waals surface area contributed by atoms with Crippen LogP contribution in [0.5, 0.6) is 0 Å². The SMILES string of the molecule is CCCC(C)(N)C(=O)NC(CC)COC.Cl. The van der Waals surface area contributed by atoms with E-state index in [1.54, 1.807) is 14.0 Å². The molecule has 0 spiro atoms. The second-order valence-corrected chi connectivity index (χ2v) is 4.20. The molecular formula is C11H25ClN2O2. The Kier molecular flexibility index (Phi) is 9.92. The van der Waals surface area contributed by atoms with E-state index in [0.717, 1.165) is 12.8 Å². The number of halogens is 1. The molecule has 0 fully saturated rings. The summed E-state index contributed by atoms with van der Waals surface area (Å²) in [5, 5.41) is 2.90. The highest BCUT2D eigenvalue weighted by atomic mass is 35.5. The quantitative estimate of drug-likeness (QED) is 0.721. The Morgan fingerprint density at radius 1 is 1.50 bits per heavy atom. The number of amides is 1. The second-order valence-electron chi connectivity index (χ2n) is 4.20. The molecule has 0 bridgehead atoms. The van der Waals surface area contributed by atoms with E-state index in [-0.39, 0.29) is 24.4 Å². The van der Waals surface area contributed by atoms with Gasteiger partial charge in [-0.3, -0.25) is 4.79 Å². The predicted molar refractivity (Wildman–Crippen MR) is 68.8 cm³/mol. The molecule has 0 rings (SSSR count). The highest BCUT2D eigenvalue weighted by molar-refractivity contribution is 5.86. The number of nitrogens with two attached hydrogens (primary N) is 1. The Hall–Kier alpha value is -0.320. The van der Waals surface area contributed by atoms with Gasteiger partial charge < -0.3 is 15.8 Å².